The van der Waals surface area contributed by atoms with Gasteiger partial charge in [0, 0.05) is 6.42 Å². The summed E-state index contributed by atoms with van der Waals surface area (Å²) in [6.45, 7) is 2.19. The highest BCUT2D eigenvalue weighted by atomic mass is 16.6. The normalized spacial score (nSPS) is 20.9. The Labute approximate surface area is 82.9 Å². The Kier molecular flexibility index (Phi) is 4.32. The Hall–Kier alpha value is -1.16. The molecule has 0 spiro atoms. The van der Waals surface area contributed by atoms with Crippen LogP contribution in [0, 0.1) is 0 Å². The fraction of sp³-hybridized carbons (Fsp3) is 0.600. The first kappa shape index (κ1) is 10.9. The molecule has 1 rings (SSSR count). The van der Waals surface area contributed by atoms with Crippen LogP contribution >= 0.6 is 0 Å². The van der Waals surface area contributed by atoms with Crippen molar-refractivity contribution >= 4 is 11.8 Å². The van der Waals surface area contributed by atoms with Gasteiger partial charge >= 0.3 is 5.97 Å². The van der Waals surface area contributed by atoms with E-state index in [4.69, 9.17) is 9.47 Å². The lowest BCUT2D eigenvalue weighted by Crippen LogP contribution is -2.26. The van der Waals surface area contributed by atoms with Crippen LogP contribution < -0.4 is 0 Å². The van der Waals surface area contributed by atoms with Gasteiger partial charge in [0.25, 0.3) is 0 Å². The zero-order chi connectivity index (χ0) is 10.4. The van der Waals surface area contributed by atoms with Crippen LogP contribution in [0.25, 0.3) is 0 Å². The number of carbonyl (C=O) groups is 2. The van der Waals surface area contributed by atoms with Crippen LogP contribution in [0.3, 0.4) is 0 Å². The number of ketones is 1. The largest absolute Gasteiger partial charge is 0.463 e. The van der Waals surface area contributed by atoms with Crippen molar-refractivity contribution in [2.45, 2.75) is 25.9 Å². The SMILES string of the molecule is CCCC(=O)OC[C@@H]1C=CC(=O)CO1. The lowest BCUT2D eigenvalue weighted by molar-refractivity contribution is -0.147. The van der Waals surface area contributed by atoms with E-state index in [9.17, 15) is 9.59 Å². The van der Waals surface area contributed by atoms with E-state index >= 15 is 0 Å². The molecule has 0 saturated carbocycles. The number of carbonyl (C=O) groups excluding carboxylic acids is 2. The molecule has 0 aromatic carbocycles. The van der Waals surface area contributed by atoms with E-state index in [0.29, 0.717) is 6.42 Å². The zero-order valence-electron chi connectivity index (χ0n) is 8.19. The maximum atomic E-state index is 11.0. The Bertz CT molecular complexity index is 245. The predicted molar refractivity (Wildman–Crippen MR) is 49.8 cm³/mol. The number of hydrogen-bond donors (Lipinski definition) is 0. The molecule has 1 atom stereocenters. The van der Waals surface area contributed by atoms with Crippen LogP contribution in [0.2, 0.25) is 0 Å². The second-order valence-electron chi connectivity index (χ2n) is 3.11. The van der Waals surface area contributed by atoms with Crippen molar-refractivity contribution < 1.29 is 19.1 Å². The second kappa shape index (κ2) is 5.54. The molecule has 78 valence electrons. The van der Waals surface area contributed by atoms with Gasteiger partial charge in [0.15, 0.2) is 5.78 Å². The molecule has 1 aliphatic heterocycles. The highest BCUT2D eigenvalue weighted by Gasteiger charge is 2.14. The molecule has 0 unspecified atom stereocenters. The monoisotopic (exact) mass is 198 g/mol. The van der Waals surface area contributed by atoms with E-state index in [1.165, 1.54) is 6.08 Å². The Morgan fingerprint density at radius 2 is 2.50 bits per heavy atom. The van der Waals surface area contributed by atoms with Crippen LogP contribution in [0.15, 0.2) is 12.2 Å². The summed E-state index contributed by atoms with van der Waals surface area (Å²) < 4.78 is 10.0. The molecule has 1 aliphatic rings. The summed E-state index contributed by atoms with van der Waals surface area (Å²) in [4.78, 5) is 21.7. The summed E-state index contributed by atoms with van der Waals surface area (Å²) in [6, 6.07) is 0. The maximum absolute atomic E-state index is 11.0. The first-order chi connectivity index (χ1) is 6.72. The minimum Gasteiger partial charge on any atom is -0.463 e. The highest BCUT2D eigenvalue weighted by Crippen LogP contribution is 2.03. The molecule has 0 aromatic rings. The Balaban J connectivity index is 2.22. The zero-order valence-corrected chi connectivity index (χ0v) is 8.19. The fourth-order valence-corrected chi connectivity index (χ4v) is 1.06. The predicted octanol–water partition coefficient (Wildman–Crippen LogP) is 0.854. The van der Waals surface area contributed by atoms with Gasteiger partial charge in [-0.15, -0.1) is 0 Å². The van der Waals surface area contributed by atoms with E-state index < -0.39 is 0 Å². The topological polar surface area (TPSA) is 52.6 Å². The molecule has 4 heteroatoms. The van der Waals surface area contributed by atoms with Crippen LogP contribution in [0.5, 0.6) is 0 Å². The molecule has 0 saturated heterocycles. The van der Waals surface area contributed by atoms with E-state index in [0.717, 1.165) is 6.42 Å². The average Bonchev–Trinajstić information content (AvgIpc) is 2.17. The summed E-state index contributed by atoms with van der Waals surface area (Å²) in [5.41, 5.74) is 0. The summed E-state index contributed by atoms with van der Waals surface area (Å²) in [6.07, 6.45) is 4.01. The molecule has 0 aliphatic carbocycles. The first-order valence-corrected chi connectivity index (χ1v) is 4.70. The van der Waals surface area contributed by atoms with Crippen molar-refractivity contribution in [3.05, 3.63) is 12.2 Å². The molecule has 14 heavy (non-hydrogen) atoms. The Morgan fingerprint density at radius 1 is 1.71 bits per heavy atom. The molecule has 0 N–H and O–H groups in total. The number of hydrogen-bond acceptors (Lipinski definition) is 4. The maximum Gasteiger partial charge on any atom is 0.305 e. The quantitative estimate of drug-likeness (QED) is 0.628. The lowest BCUT2D eigenvalue weighted by Gasteiger charge is -2.16. The Morgan fingerprint density at radius 3 is 3.07 bits per heavy atom. The van der Waals surface area contributed by atoms with Gasteiger partial charge < -0.3 is 9.47 Å². The average molecular weight is 198 g/mol. The van der Waals surface area contributed by atoms with E-state index in [1.54, 1.807) is 6.08 Å². The molecule has 0 fully saturated rings. The van der Waals surface area contributed by atoms with Crippen LogP contribution in [-0.4, -0.2) is 31.1 Å². The fourth-order valence-electron chi connectivity index (χ4n) is 1.06. The van der Waals surface area contributed by atoms with Crippen molar-refractivity contribution in [2.75, 3.05) is 13.2 Å². The highest BCUT2D eigenvalue weighted by molar-refractivity contribution is 5.91. The van der Waals surface area contributed by atoms with Gasteiger partial charge in [-0.05, 0) is 18.6 Å². The van der Waals surface area contributed by atoms with Crippen molar-refractivity contribution in [1.82, 2.24) is 0 Å². The molecular weight excluding hydrogens is 184 g/mol. The first-order valence-electron chi connectivity index (χ1n) is 4.70. The third kappa shape index (κ3) is 3.70. The van der Waals surface area contributed by atoms with Gasteiger partial charge in [0.05, 0.1) is 0 Å². The minimum atomic E-state index is -0.270. The molecule has 0 aromatic heterocycles. The number of rotatable bonds is 4. The van der Waals surface area contributed by atoms with E-state index in [1.807, 2.05) is 6.92 Å². The minimum absolute atomic E-state index is 0.0545. The molecular formula is C10H14O4. The van der Waals surface area contributed by atoms with Crippen LogP contribution in [0.1, 0.15) is 19.8 Å². The van der Waals surface area contributed by atoms with Gasteiger partial charge in [-0.3, -0.25) is 9.59 Å². The summed E-state index contributed by atoms with van der Waals surface area (Å²) in [5.74, 6) is -0.275. The summed E-state index contributed by atoms with van der Waals surface area (Å²) >= 11 is 0. The second-order valence-corrected chi connectivity index (χ2v) is 3.11. The van der Waals surface area contributed by atoms with Gasteiger partial charge in [-0.2, -0.15) is 0 Å². The number of esters is 1. The lowest BCUT2D eigenvalue weighted by atomic mass is 10.2. The van der Waals surface area contributed by atoms with Gasteiger partial charge in [0.1, 0.15) is 19.3 Å². The molecule has 0 bridgehead atoms. The van der Waals surface area contributed by atoms with Crippen molar-refractivity contribution in [1.29, 1.82) is 0 Å². The summed E-state index contributed by atoms with van der Waals surface area (Å²) in [7, 11) is 0. The smallest absolute Gasteiger partial charge is 0.305 e. The standard InChI is InChI=1S/C10H14O4/c1-2-3-10(12)14-7-9-5-4-8(11)6-13-9/h4-5,9H,2-3,6-7H2,1H3/t9-/m0/s1. The third-order valence-electron chi connectivity index (χ3n) is 1.80. The van der Waals surface area contributed by atoms with Crippen LogP contribution in [0.4, 0.5) is 0 Å². The van der Waals surface area contributed by atoms with Crippen molar-refractivity contribution in [3.8, 4) is 0 Å². The summed E-state index contributed by atoms with van der Waals surface area (Å²) in [5, 5.41) is 0. The van der Waals surface area contributed by atoms with E-state index in [2.05, 4.69) is 0 Å². The number of ether oxygens (including phenoxy) is 2. The molecule has 0 radical (unpaired) electrons. The van der Waals surface area contributed by atoms with Crippen molar-refractivity contribution in [2.24, 2.45) is 0 Å². The molecule has 4 nitrogen and oxygen atoms in total. The third-order valence-corrected chi connectivity index (χ3v) is 1.80. The van der Waals surface area contributed by atoms with Gasteiger partial charge in [0.2, 0.25) is 0 Å². The van der Waals surface area contributed by atoms with Gasteiger partial charge in [-0.1, -0.05) is 6.92 Å². The van der Waals surface area contributed by atoms with Gasteiger partial charge in [-0.25, -0.2) is 0 Å². The molecule has 0 amide bonds. The van der Waals surface area contributed by atoms with Crippen molar-refractivity contribution in [3.63, 3.8) is 0 Å². The van der Waals surface area contributed by atoms with Crippen LogP contribution in [-0.2, 0) is 19.1 Å². The van der Waals surface area contributed by atoms with E-state index in [-0.39, 0.29) is 31.1 Å². The molecule has 1 heterocycles.